The number of hydrogen-bond acceptors (Lipinski definition) is 3. The Morgan fingerprint density at radius 1 is 1.33 bits per heavy atom. The van der Waals surface area contributed by atoms with E-state index in [2.05, 4.69) is 6.92 Å². The van der Waals surface area contributed by atoms with Crippen molar-refractivity contribution in [1.82, 2.24) is 0 Å². The predicted molar refractivity (Wildman–Crippen MR) is 69.1 cm³/mol. The Bertz CT molecular complexity index is 455. The van der Waals surface area contributed by atoms with Crippen LogP contribution in [0.1, 0.15) is 49.7 Å². The molecular weight excluding hydrogens is 228 g/mol. The number of fused-ring (bicyclic) bond motifs is 3. The van der Waals surface area contributed by atoms with Crippen LogP contribution in [0.15, 0.2) is 12.1 Å². The molecule has 1 saturated carbocycles. The van der Waals surface area contributed by atoms with Crippen LogP contribution in [-0.4, -0.2) is 22.4 Å². The highest BCUT2D eigenvalue weighted by atomic mass is 16.5. The maximum absolute atomic E-state index is 10.0. The lowest BCUT2D eigenvalue weighted by Crippen LogP contribution is -2.30. The third kappa shape index (κ3) is 1.87. The Kier molecular flexibility index (Phi) is 2.94. The fourth-order valence-electron chi connectivity index (χ4n) is 3.25. The summed E-state index contributed by atoms with van der Waals surface area (Å²) in [6.45, 7) is 2.10. The monoisotopic (exact) mass is 248 g/mol. The van der Waals surface area contributed by atoms with Crippen molar-refractivity contribution in [3.8, 4) is 11.5 Å². The van der Waals surface area contributed by atoms with Crippen LogP contribution in [0.3, 0.4) is 0 Å². The molecule has 3 atom stereocenters. The van der Waals surface area contributed by atoms with Gasteiger partial charge in [-0.05, 0) is 37.0 Å². The molecule has 2 aliphatic rings. The summed E-state index contributed by atoms with van der Waals surface area (Å²) in [5.74, 6) is 1.66. The van der Waals surface area contributed by atoms with Crippen LogP contribution >= 0.6 is 0 Å². The van der Waals surface area contributed by atoms with Crippen molar-refractivity contribution in [2.24, 2.45) is 0 Å². The summed E-state index contributed by atoms with van der Waals surface area (Å²) in [5, 5.41) is 19.7. The molecule has 18 heavy (non-hydrogen) atoms. The van der Waals surface area contributed by atoms with Gasteiger partial charge in [-0.3, -0.25) is 0 Å². The SMILES string of the molecule is CCCc1cc2c(cc1O)[C@H]1CC[C@H](O)C[C@@H]1O2. The lowest BCUT2D eigenvalue weighted by atomic mass is 9.81. The third-order valence-corrected chi connectivity index (χ3v) is 4.17. The maximum Gasteiger partial charge on any atom is 0.123 e. The average molecular weight is 248 g/mol. The molecule has 1 aromatic carbocycles. The zero-order chi connectivity index (χ0) is 12.7. The summed E-state index contributed by atoms with van der Waals surface area (Å²) < 4.78 is 5.95. The average Bonchev–Trinajstić information content (AvgIpc) is 2.66. The highest BCUT2D eigenvalue weighted by Gasteiger charge is 2.39. The van der Waals surface area contributed by atoms with E-state index in [1.54, 1.807) is 0 Å². The first-order valence-corrected chi connectivity index (χ1v) is 6.89. The molecule has 0 aromatic heterocycles. The molecule has 0 bridgehead atoms. The second kappa shape index (κ2) is 4.47. The standard InChI is InChI=1S/C15H20O3/c1-2-3-9-6-14-12(8-13(9)17)11-5-4-10(16)7-15(11)18-14/h6,8,10-11,15-17H,2-5,7H2,1H3/t10-,11+,15-/m0/s1. The fraction of sp³-hybridized carbons (Fsp3) is 0.600. The van der Waals surface area contributed by atoms with E-state index in [4.69, 9.17) is 4.74 Å². The Morgan fingerprint density at radius 3 is 2.94 bits per heavy atom. The number of aliphatic hydroxyl groups is 1. The molecule has 1 fully saturated rings. The van der Waals surface area contributed by atoms with Gasteiger partial charge in [-0.25, -0.2) is 0 Å². The van der Waals surface area contributed by atoms with Gasteiger partial charge in [0.1, 0.15) is 17.6 Å². The van der Waals surface area contributed by atoms with Crippen LogP contribution in [0, 0.1) is 0 Å². The first-order chi connectivity index (χ1) is 8.69. The lowest BCUT2D eigenvalue weighted by Gasteiger charge is -2.27. The first-order valence-electron chi connectivity index (χ1n) is 6.89. The summed E-state index contributed by atoms with van der Waals surface area (Å²) in [6.07, 6.45) is 4.25. The van der Waals surface area contributed by atoms with Gasteiger partial charge < -0.3 is 14.9 Å². The van der Waals surface area contributed by atoms with E-state index >= 15 is 0 Å². The minimum atomic E-state index is -0.232. The topological polar surface area (TPSA) is 49.7 Å². The smallest absolute Gasteiger partial charge is 0.123 e. The van der Waals surface area contributed by atoms with Crippen LogP contribution in [0.2, 0.25) is 0 Å². The molecule has 3 heteroatoms. The minimum absolute atomic E-state index is 0.0972. The number of hydrogen-bond donors (Lipinski definition) is 2. The highest BCUT2D eigenvalue weighted by molar-refractivity contribution is 5.50. The van der Waals surface area contributed by atoms with E-state index in [1.807, 2.05) is 12.1 Å². The van der Waals surface area contributed by atoms with Gasteiger partial charge in [0.05, 0.1) is 6.10 Å². The highest BCUT2D eigenvalue weighted by Crippen LogP contribution is 2.47. The second-order valence-electron chi connectivity index (χ2n) is 5.50. The molecule has 98 valence electrons. The molecule has 0 spiro atoms. The quantitative estimate of drug-likeness (QED) is 0.846. The van der Waals surface area contributed by atoms with Crippen LogP contribution < -0.4 is 4.74 Å². The zero-order valence-corrected chi connectivity index (χ0v) is 10.7. The van der Waals surface area contributed by atoms with Crippen molar-refractivity contribution < 1.29 is 14.9 Å². The van der Waals surface area contributed by atoms with Crippen molar-refractivity contribution in [3.05, 3.63) is 23.3 Å². The van der Waals surface area contributed by atoms with Gasteiger partial charge in [0, 0.05) is 17.9 Å². The van der Waals surface area contributed by atoms with Gasteiger partial charge >= 0.3 is 0 Å². The summed E-state index contributed by atoms with van der Waals surface area (Å²) in [5.41, 5.74) is 2.10. The van der Waals surface area contributed by atoms with E-state index in [1.165, 1.54) is 0 Å². The number of aryl methyl sites for hydroxylation is 1. The molecule has 0 saturated heterocycles. The number of phenolic OH excluding ortho intramolecular Hbond substituents is 1. The molecule has 1 aliphatic carbocycles. The third-order valence-electron chi connectivity index (χ3n) is 4.17. The molecule has 0 unspecified atom stereocenters. The van der Waals surface area contributed by atoms with Crippen molar-refractivity contribution in [2.75, 3.05) is 0 Å². The molecule has 3 rings (SSSR count). The molecule has 3 nitrogen and oxygen atoms in total. The van der Waals surface area contributed by atoms with E-state index in [0.717, 1.165) is 42.6 Å². The number of ether oxygens (including phenoxy) is 1. The Hall–Kier alpha value is -1.22. The molecule has 1 aliphatic heterocycles. The Balaban J connectivity index is 1.92. The van der Waals surface area contributed by atoms with Gasteiger partial charge in [-0.1, -0.05) is 13.3 Å². The van der Waals surface area contributed by atoms with Gasteiger partial charge in [-0.15, -0.1) is 0 Å². The van der Waals surface area contributed by atoms with Crippen LogP contribution in [0.25, 0.3) is 0 Å². The van der Waals surface area contributed by atoms with Crippen LogP contribution in [0.5, 0.6) is 11.5 Å². The number of phenols is 1. The Morgan fingerprint density at radius 2 is 2.17 bits per heavy atom. The van der Waals surface area contributed by atoms with Crippen molar-refractivity contribution in [2.45, 2.75) is 57.2 Å². The number of aliphatic hydroxyl groups excluding tert-OH is 1. The van der Waals surface area contributed by atoms with E-state index in [9.17, 15) is 10.2 Å². The van der Waals surface area contributed by atoms with Gasteiger partial charge in [0.25, 0.3) is 0 Å². The molecular formula is C15H20O3. The molecule has 0 radical (unpaired) electrons. The number of benzene rings is 1. The fourth-order valence-corrected chi connectivity index (χ4v) is 3.25. The molecule has 1 aromatic rings. The van der Waals surface area contributed by atoms with E-state index in [-0.39, 0.29) is 12.2 Å². The van der Waals surface area contributed by atoms with Crippen LogP contribution in [0.4, 0.5) is 0 Å². The zero-order valence-electron chi connectivity index (χ0n) is 10.7. The lowest BCUT2D eigenvalue weighted by molar-refractivity contribution is 0.0551. The number of rotatable bonds is 2. The minimum Gasteiger partial charge on any atom is -0.508 e. The van der Waals surface area contributed by atoms with E-state index < -0.39 is 0 Å². The van der Waals surface area contributed by atoms with Crippen molar-refractivity contribution in [3.63, 3.8) is 0 Å². The molecule has 0 amide bonds. The van der Waals surface area contributed by atoms with Gasteiger partial charge in [0.15, 0.2) is 0 Å². The predicted octanol–water partition coefficient (Wildman–Crippen LogP) is 2.73. The molecule has 1 heterocycles. The summed E-state index contributed by atoms with van der Waals surface area (Å²) >= 11 is 0. The first kappa shape index (κ1) is 11.8. The Labute approximate surface area is 107 Å². The number of aromatic hydroxyl groups is 1. The van der Waals surface area contributed by atoms with Crippen molar-refractivity contribution >= 4 is 0 Å². The summed E-state index contributed by atoms with van der Waals surface area (Å²) in [4.78, 5) is 0. The summed E-state index contributed by atoms with van der Waals surface area (Å²) in [6, 6.07) is 3.86. The summed E-state index contributed by atoms with van der Waals surface area (Å²) in [7, 11) is 0. The normalized spacial score (nSPS) is 29.6. The maximum atomic E-state index is 10.0. The van der Waals surface area contributed by atoms with Crippen molar-refractivity contribution in [1.29, 1.82) is 0 Å². The van der Waals surface area contributed by atoms with Gasteiger partial charge in [-0.2, -0.15) is 0 Å². The van der Waals surface area contributed by atoms with Crippen LogP contribution in [-0.2, 0) is 6.42 Å². The van der Waals surface area contributed by atoms with Gasteiger partial charge in [0.2, 0.25) is 0 Å². The largest absolute Gasteiger partial charge is 0.508 e. The second-order valence-corrected chi connectivity index (χ2v) is 5.50. The molecule has 2 N–H and O–H groups in total. The van der Waals surface area contributed by atoms with E-state index in [0.29, 0.717) is 18.1 Å².